The summed E-state index contributed by atoms with van der Waals surface area (Å²) < 4.78 is 75.0. The second-order valence-corrected chi connectivity index (χ2v) is 5.45. The fraction of sp³-hybridized carbons (Fsp3) is 0.400. The quantitative estimate of drug-likeness (QED) is 0.745. The standard InChI is InChI=1S/C10H11F6N.C5H5N/c1-8(2,10(14,15)16)5-7-6(3-4-17-7)9(11,12)13;1-2-4-6-5-3-1/h3-4,17H,5H2,1-2H3;1-5H. The van der Waals surface area contributed by atoms with Gasteiger partial charge in [-0.1, -0.05) is 19.9 Å². The lowest BCUT2D eigenvalue weighted by Crippen LogP contribution is -2.34. The minimum absolute atomic E-state index is 0.445. The van der Waals surface area contributed by atoms with Crippen LogP contribution in [0.5, 0.6) is 0 Å². The average Bonchev–Trinajstić information content (AvgIpc) is 2.87. The summed E-state index contributed by atoms with van der Waals surface area (Å²) in [5, 5.41) is 0. The SMILES string of the molecule is CC(C)(Cc1[nH]ccc1C(F)(F)F)C(F)(F)F.c1ccncc1. The Kier molecular flexibility index (Phi) is 5.85. The molecule has 0 radical (unpaired) electrons. The highest BCUT2D eigenvalue weighted by molar-refractivity contribution is 5.25. The molecule has 128 valence electrons. The van der Waals surface area contributed by atoms with Crippen LogP contribution in [0.15, 0.2) is 42.9 Å². The first kappa shape index (κ1) is 19.1. The first-order valence-corrected chi connectivity index (χ1v) is 6.60. The molecule has 0 atom stereocenters. The number of H-pyrrole nitrogens is 1. The normalized spacial score (nSPS) is 12.5. The van der Waals surface area contributed by atoms with Gasteiger partial charge in [-0.3, -0.25) is 4.98 Å². The van der Waals surface area contributed by atoms with E-state index in [1.54, 1.807) is 12.4 Å². The maximum Gasteiger partial charge on any atom is 0.418 e. The van der Waals surface area contributed by atoms with E-state index in [-0.39, 0.29) is 0 Å². The zero-order chi connectivity index (χ0) is 17.7. The lowest BCUT2D eigenvalue weighted by Gasteiger charge is -2.27. The van der Waals surface area contributed by atoms with E-state index in [1.807, 2.05) is 18.2 Å². The Balaban J connectivity index is 0.000000366. The molecule has 2 rings (SSSR count). The summed E-state index contributed by atoms with van der Waals surface area (Å²) in [6, 6.07) is 6.45. The molecular formula is C15H16F6N2. The Labute approximate surface area is 129 Å². The van der Waals surface area contributed by atoms with E-state index >= 15 is 0 Å². The van der Waals surface area contributed by atoms with Crippen LogP contribution in [0.25, 0.3) is 0 Å². The Hall–Kier alpha value is -1.99. The van der Waals surface area contributed by atoms with Crippen molar-refractivity contribution < 1.29 is 26.3 Å². The summed E-state index contributed by atoms with van der Waals surface area (Å²) in [4.78, 5) is 6.01. The predicted molar refractivity (Wildman–Crippen MR) is 73.6 cm³/mol. The zero-order valence-electron chi connectivity index (χ0n) is 12.5. The Morgan fingerprint density at radius 3 is 1.87 bits per heavy atom. The lowest BCUT2D eigenvalue weighted by atomic mass is 9.86. The van der Waals surface area contributed by atoms with Gasteiger partial charge < -0.3 is 4.98 Å². The molecule has 23 heavy (non-hydrogen) atoms. The van der Waals surface area contributed by atoms with Crippen LogP contribution in [-0.4, -0.2) is 16.1 Å². The van der Waals surface area contributed by atoms with Gasteiger partial charge >= 0.3 is 12.4 Å². The van der Waals surface area contributed by atoms with Crippen molar-refractivity contribution in [2.24, 2.45) is 5.41 Å². The molecule has 2 aromatic rings. The molecule has 0 aliphatic carbocycles. The third-order valence-electron chi connectivity index (χ3n) is 3.09. The highest BCUT2D eigenvalue weighted by Gasteiger charge is 2.48. The molecule has 0 saturated carbocycles. The van der Waals surface area contributed by atoms with Crippen molar-refractivity contribution in [2.45, 2.75) is 32.6 Å². The van der Waals surface area contributed by atoms with Crippen LogP contribution in [0.3, 0.4) is 0 Å². The number of aromatic amines is 1. The van der Waals surface area contributed by atoms with Gasteiger partial charge in [0, 0.05) is 30.7 Å². The van der Waals surface area contributed by atoms with Crippen molar-refractivity contribution in [1.82, 2.24) is 9.97 Å². The van der Waals surface area contributed by atoms with E-state index in [2.05, 4.69) is 9.97 Å². The molecule has 2 nitrogen and oxygen atoms in total. The van der Waals surface area contributed by atoms with Crippen LogP contribution in [0.2, 0.25) is 0 Å². The highest BCUT2D eigenvalue weighted by atomic mass is 19.4. The topological polar surface area (TPSA) is 28.7 Å². The molecule has 0 amide bonds. The molecular weight excluding hydrogens is 322 g/mol. The number of hydrogen-bond donors (Lipinski definition) is 1. The molecule has 2 aromatic heterocycles. The number of nitrogens with zero attached hydrogens (tertiary/aromatic N) is 1. The van der Waals surface area contributed by atoms with Gasteiger partial charge in [-0.15, -0.1) is 0 Å². The van der Waals surface area contributed by atoms with Gasteiger partial charge in [-0.2, -0.15) is 26.3 Å². The number of rotatable bonds is 2. The number of hydrogen-bond acceptors (Lipinski definition) is 1. The summed E-state index contributed by atoms with van der Waals surface area (Å²) in [5.74, 6) is 0. The number of pyridine rings is 1. The summed E-state index contributed by atoms with van der Waals surface area (Å²) >= 11 is 0. The van der Waals surface area contributed by atoms with Crippen molar-refractivity contribution >= 4 is 0 Å². The van der Waals surface area contributed by atoms with Crippen LogP contribution in [0.1, 0.15) is 25.1 Å². The van der Waals surface area contributed by atoms with Crippen molar-refractivity contribution in [3.8, 4) is 0 Å². The number of alkyl halides is 6. The fourth-order valence-electron chi connectivity index (χ4n) is 1.67. The Morgan fingerprint density at radius 1 is 0.957 bits per heavy atom. The van der Waals surface area contributed by atoms with Gasteiger partial charge in [0.2, 0.25) is 0 Å². The molecule has 0 aromatic carbocycles. The van der Waals surface area contributed by atoms with Crippen LogP contribution >= 0.6 is 0 Å². The number of aromatic nitrogens is 2. The summed E-state index contributed by atoms with van der Waals surface area (Å²) in [6.45, 7) is 1.74. The predicted octanol–water partition coefficient (Wildman–Crippen LogP) is 5.25. The molecule has 2 heterocycles. The van der Waals surface area contributed by atoms with E-state index < -0.39 is 35.4 Å². The van der Waals surface area contributed by atoms with Crippen LogP contribution in [0.4, 0.5) is 26.3 Å². The van der Waals surface area contributed by atoms with Crippen molar-refractivity contribution in [1.29, 1.82) is 0 Å². The minimum Gasteiger partial charge on any atom is -0.364 e. The van der Waals surface area contributed by atoms with Crippen LogP contribution in [0, 0.1) is 5.41 Å². The molecule has 0 aliphatic heterocycles. The summed E-state index contributed by atoms with van der Waals surface area (Å²) in [6.07, 6.45) is -5.44. The van der Waals surface area contributed by atoms with E-state index in [9.17, 15) is 26.3 Å². The molecule has 8 heteroatoms. The molecule has 0 fully saturated rings. The summed E-state index contributed by atoms with van der Waals surface area (Å²) in [5.41, 5.74) is -3.70. The minimum atomic E-state index is -4.64. The molecule has 1 N–H and O–H groups in total. The van der Waals surface area contributed by atoms with Gasteiger partial charge in [-0.25, -0.2) is 0 Å². The van der Waals surface area contributed by atoms with Crippen molar-refractivity contribution in [3.05, 3.63) is 54.1 Å². The average molecular weight is 338 g/mol. The summed E-state index contributed by atoms with van der Waals surface area (Å²) in [7, 11) is 0. The Bertz CT molecular complexity index is 557. The smallest absolute Gasteiger partial charge is 0.364 e. The lowest BCUT2D eigenvalue weighted by molar-refractivity contribution is -0.211. The van der Waals surface area contributed by atoms with Gasteiger partial charge in [-0.05, 0) is 18.2 Å². The maximum atomic E-state index is 12.6. The first-order chi connectivity index (χ1) is 10.5. The third kappa shape index (κ3) is 5.61. The molecule has 0 aliphatic rings. The van der Waals surface area contributed by atoms with Gasteiger partial charge in [0.1, 0.15) is 0 Å². The highest BCUT2D eigenvalue weighted by Crippen LogP contribution is 2.42. The fourth-order valence-corrected chi connectivity index (χ4v) is 1.67. The second-order valence-electron chi connectivity index (χ2n) is 5.45. The van der Waals surface area contributed by atoms with E-state index in [0.29, 0.717) is 0 Å². The van der Waals surface area contributed by atoms with Gasteiger partial charge in [0.05, 0.1) is 11.0 Å². The molecule has 0 bridgehead atoms. The third-order valence-corrected chi connectivity index (χ3v) is 3.09. The van der Waals surface area contributed by atoms with E-state index in [0.717, 1.165) is 26.1 Å². The molecule has 0 saturated heterocycles. The second kappa shape index (κ2) is 7.06. The van der Waals surface area contributed by atoms with Crippen LogP contribution < -0.4 is 0 Å². The number of halogens is 6. The molecule has 0 unspecified atom stereocenters. The van der Waals surface area contributed by atoms with Crippen molar-refractivity contribution in [3.63, 3.8) is 0 Å². The van der Waals surface area contributed by atoms with E-state index in [4.69, 9.17) is 0 Å². The van der Waals surface area contributed by atoms with Crippen LogP contribution in [-0.2, 0) is 12.6 Å². The number of nitrogens with one attached hydrogen (secondary N) is 1. The van der Waals surface area contributed by atoms with Crippen molar-refractivity contribution in [2.75, 3.05) is 0 Å². The monoisotopic (exact) mass is 338 g/mol. The zero-order valence-corrected chi connectivity index (χ0v) is 12.5. The molecule has 0 spiro atoms. The maximum absolute atomic E-state index is 12.6. The largest absolute Gasteiger partial charge is 0.418 e. The van der Waals surface area contributed by atoms with Gasteiger partial charge in [0.15, 0.2) is 0 Å². The Morgan fingerprint density at radius 2 is 1.52 bits per heavy atom. The first-order valence-electron chi connectivity index (χ1n) is 6.60. The van der Waals surface area contributed by atoms with E-state index in [1.165, 1.54) is 0 Å². The van der Waals surface area contributed by atoms with Gasteiger partial charge in [0.25, 0.3) is 0 Å².